The molecule has 0 saturated carbocycles. The Labute approximate surface area is 158 Å². The molecule has 1 aliphatic rings. The Balaban J connectivity index is 1.88. The molecule has 1 saturated heterocycles. The molecule has 1 fully saturated rings. The summed E-state index contributed by atoms with van der Waals surface area (Å²) < 4.78 is 39.2. The third-order valence-electron chi connectivity index (χ3n) is 4.82. The number of fused-ring (bicyclic) bond motifs is 1. The first-order chi connectivity index (χ1) is 12.6. The van der Waals surface area contributed by atoms with Crippen LogP contribution < -0.4 is 4.72 Å². The predicted octanol–water partition coefficient (Wildman–Crippen LogP) is 1.79. The van der Waals surface area contributed by atoms with Gasteiger partial charge < -0.3 is 4.90 Å². The van der Waals surface area contributed by atoms with Gasteiger partial charge in [-0.2, -0.15) is 0 Å². The van der Waals surface area contributed by atoms with E-state index in [1.54, 1.807) is 18.7 Å². The lowest BCUT2D eigenvalue weighted by molar-refractivity contribution is 0.0677. The summed E-state index contributed by atoms with van der Waals surface area (Å²) in [5.74, 6) is -0.816. The topological polar surface area (TPSA) is 92.3 Å². The first kappa shape index (κ1) is 19.6. The Kier molecular flexibility index (Phi) is 5.43. The van der Waals surface area contributed by atoms with Crippen molar-refractivity contribution in [2.45, 2.75) is 26.7 Å². The quantitative estimate of drug-likeness (QED) is 0.854. The van der Waals surface area contributed by atoms with Crippen molar-refractivity contribution in [3.05, 3.63) is 34.9 Å². The van der Waals surface area contributed by atoms with Gasteiger partial charge in [0, 0.05) is 25.7 Å². The van der Waals surface area contributed by atoms with E-state index in [0.717, 1.165) is 19.1 Å². The molecule has 2 heterocycles. The number of likely N-dealkylation sites (tertiary alicyclic amines) is 1. The molecule has 1 N–H and O–H groups in total. The summed E-state index contributed by atoms with van der Waals surface area (Å²) in [7, 11) is -3.28. The second-order valence-corrected chi connectivity index (χ2v) is 8.93. The van der Waals surface area contributed by atoms with Crippen molar-refractivity contribution < 1.29 is 17.6 Å². The van der Waals surface area contributed by atoms with Crippen molar-refractivity contribution in [1.29, 1.82) is 0 Å². The van der Waals surface area contributed by atoms with Crippen LogP contribution >= 0.6 is 0 Å². The van der Waals surface area contributed by atoms with E-state index in [0.29, 0.717) is 35.5 Å². The molecule has 1 amide bonds. The van der Waals surface area contributed by atoms with Crippen molar-refractivity contribution in [2.75, 3.05) is 25.9 Å². The highest BCUT2D eigenvalue weighted by atomic mass is 32.2. The van der Waals surface area contributed by atoms with E-state index in [-0.39, 0.29) is 23.9 Å². The molecule has 0 aliphatic carbocycles. The van der Waals surface area contributed by atoms with Crippen LogP contribution in [0.3, 0.4) is 0 Å². The van der Waals surface area contributed by atoms with Gasteiger partial charge in [-0.3, -0.25) is 4.79 Å². The Morgan fingerprint density at radius 1 is 1.30 bits per heavy atom. The molecule has 9 heteroatoms. The van der Waals surface area contributed by atoms with E-state index in [1.165, 1.54) is 12.1 Å². The number of aromatic nitrogens is 2. The number of rotatable bonds is 4. The number of benzene rings is 1. The highest BCUT2D eigenvalue weighted by molar-refractivity contribution is 7.88. The highest BCUT2D eigenvalue weighted by Crippen LogP contribution is 2.23. The van der Waals surface area contributed by atoms with Gasteiger partial charge in [0.1, 0.15) is 11.3 Å². The molecule has 1 atom stereocenters. The number of aryl methyl sites for hydroxylation is 2. The maximum Gasteiger partial charge on any atom is 0.256 e. The van der Waals surface area contributed by atoms with Crippen molar-refractivity contribution in [2.24, 2.45) is 5.92 Å². The molecule has 27 heavy (non-hydrogen) atoms. The normalized spacial score (nSPS) is 18.1. The van der Waals surface area contributed by atoms with Gasteiger partial charge in [0.2, 0.25) is 10.0 Å². The van der Waals surface area contributed by atoms with Crippen molar-refractivity contribution in [3.63, 3.8) is 0 Å². The standard InChI is InChI=1S/C18H23FN4O3S/c1-11-12(2)22-17-15(7-14(19)8-16(17)21-11)18(24)23-6-4-5-13(10-23)9-20-27(3,25)26/h7-8,13,20H,4-6,9-10H2,1-3H3. The number of sulfonamides is 1. The molecule has 7 nitrogen and oxygen atoms in total. The third kappa shape index (κ3) is 4.59. The zero-order chi connectivity index (χ0) is 19.8. The molecule has 0 bridgehead atoms. The monoisotopic (exact) mass is 394 g/mol. The lowest BCUT2D eigenvalue weighted by Gasteiger charge is -2.33. The van der Waals surface area contributed by atoms with Gasteiger partial charge >= 0.3 is 0 Å². The van der Waals surface area contributed by atoms with Gasteiger partial charge in [-0.1, -0.05) is 0 Å². The van der Waals surface area contributed by atoms with Crippen molar-refractivity contribution in [1.82, 2.24) is 19.6 Å². The van der Waals surface area contributed by atoms with Crippen LogP contribution in [0, 0.1) is 25.6 Å². The van der Waals surface area contributed by atoms with E-state index in [2.05, 4.69) is 14.7 Å². The first-order valence-electron chi connectivity index (χ1n) is 8.82. The van der Waals surface area contributed by atoms with Crippen LogP contribution in [0.1, 0.15) is 34.6 Å². The molecule has 146 valence electrons. The second kappa shape index (κ2) is 7.47. The van der Waals surface area contributed by atoms with Gasteiger partial charge in [0.05, 0.1) is 28.7 Å². The van der Waals surface area contributed by atoms with Crippen LogP contribution in [-0.2, 0) is 10.0 Å². The minimum Gasteiger partial charge on any atom is -0.338 e. The molecular formula is C18H23FN4O3S. The van der Waals surface area contributed by atoms with Crippen LogP contribution in [0.2, 0.25) is 0 Å². The minimum atomic E-state index is -3.28. The summed E-state index contributed by atoms with van der Waals surface area (Å²) in [6, 6.07) is 2.48. The van der Waals surface area contributed by atoms with Gasteiger partial charge in [-0.25, -0.2) is 27.5 Å². The van der Waals surface area contributed by atoms with Crippen LogP contribution in [0.25, 0.3) is 11.0 Å². The maximum absolute atomic E-state index is 14.1. The lowest BCUT2D eigenvalue weighted by Crippen LogP contribution is -2.43. The molecule has 3 rings (SSSR count). The fourth-order valence-corrected chi connectivity index (χ4v) is 3.85. The van der Waals surface area contributed by atoms with E-state index >= 15 is 0 Å². The number of amides is 1. The van der Waals surface area contributed by atoms with E-state index in [9.17, 15) is 17.6 Å². The number of halogens is 1. The third-order valence-corrected chi connectivity index (χ3v) is 5.51. The van der Waals surface area contributed by atoms with Gasteiger partial charge in [-0.05, 0) is 38.7 Å². The number of nitrogens with zero attached hydrogens (tertiary/aromatic N) is 3. The van der Waals surface area contributed by atoms with Gasteiger partial charge in [0.25, 0.3) is 5.91 Å². The number of nitrogens with one attached hydrogen (secondary N) is 1. The van der Waals surface area contributed by atoms with Crippen molar-refractivity contribution in [3.8, 4) is 0 Å². The summed E-state index contributed by atoms with van der Waals surface area (Å²) in [4.78, 5) is 23.5. The Morgan fingerprint density at radius 2 is 2.00 bits per heavy atom. The van der Waals surface area contributed by atoms with Crippen LogP contribution in [0.5, 0.6) is 0 Å². The molecule has 2 aromatic rings. The van der Waals surface area contributed by atoms with E-state index < -0.39 is 15.8 Å². The molecule has 1 aromatic carbocycles. The summed E-state index contributed by atoms with van der Waals surface area (Å²) in [6.07, 6.45) is 2.70. The molecule has 1 aromatic heterocycles. The summed E-state index contributed by atoms with van der Waals surface area (Å²) in [5.41, 5.74) is 2.32. The zero-order valence-corrected chi connectivity index (χ0v) is 16.4. The Bertz CT molecular complexity index is 994. The number of carbonyl (C=O) groups excluding carboxylic acids is 1. The fourth-order valence-electron chi connectivity index (χ4n) is 3.32. The summed E-state index contributed by atoms with van der Waals surface area (Å²) in [6.45, 7) is 4.83. The van der Waals surface area contributed by atoms with Crippen LogP contribution in [-0.4, -0.2) is 55.1 Å². The number of piperidine rings is 1. The average Bonchev–Trinajstić information content (AvgIpc) is 2.60. The first-order valence-corrected chi connectivity index (χ1v) is 10.7. The van der Waals surface area contributed by atoms with Gasteiger partial charge in [0.15, 0.2) is 0 Å². The summed E-state index contributed by atoms with van der Waals surface area (Å²) >= 11 is 0. The Morgan fingerprint density at radius 3 is 2.70 bits per heavy atom. The number of hydrogen-bond donors (Lipinski definition) is 1. The smallest absolute Gasteiger partial charge is 0.256 e. The second-order valence-electron chi connectivity index (χ2n) is 7.10. The van der Waals surface area contributed by atoms with Gasteiger partial charge in [-0.15, -0.1) is 0 Å². The fraction of sp³-hybridized carbons (Fsp3) is 0.500. The molecule has 0 radical (unpaired) electrons. The maximum atomic E-state index is 14.1. The van der Waals surface area contributed by atoms with E-state index in [1.807, 2.05) is 0 Å². The highest BCUT2D eigenvalue weighted by Gasteiger charge is 2.27. The number of hydrogen-bond acceptors (Lipinski definition) is 5. The van der Waals surface area contributed by atoms with Crippen LogP contribution in [0.4, 0.5) is 4.39 Å². The largest absolute Gasteiger partial charge is 0.338 e. The average molecular weight is 394 g/mol. The SMILES string of the molecule is Cc1nc2cc(F)cc(C(=O)N3CCCC(CNS(C)(=O)=O)C3)c2nc1C. The molecule has 0 spiro atoms. The Hall–Kier alpha value is -2.13. The van der Waals surface area contributed by atoms with E-state index in [4.69, 9.17) is 0 Å². The van der Waals surface area contributed by atoms with Crippen LogP contribution in [0.15, 0.2) is 12.1 Å². The molecule has 1 unspecified atom stereocenters. The zero-order valence-electron chi connectivity index (χ0n) is 15.6. The lowest BCUT2D eigenvalue weighted by atomic mass is 9.97. The molecular weight excluding hydrogens is 371 g/mol. The van der Waals surface area contributed by atoms with Crippen molar-refractivity contribution >= 4 is 27.0 Å². The predicted molar refractivity (Wildman–Crippen MR) is 100 cm³/mol. The minimum absolute atomic E-state index is 0.0207. The summed E-state index contributed by atoms with van der Waals surface area (Å²) in [5, 5.41) is 0. The molecule has 1 aliphatic heterocycles. The number of carbonyl (C=O) groups is 1.